The van der Waals surface area contributed by atoms with Crippen LogP contribution in [-0.2, 0) is 4.79 Å². The summed E-state index contributed by atoms with van der Waals surface area (Å²) in [7, 11) is 0. The van der Waals surface area contributed by atoms with Crippen LogP contribution in [0.1, 0.15) is 37.8 Å². The Bertz CT molecular complexity index is 496. The predicted molar refractivity (Wildman–Crippen MR) is 73.5 cm³/mol. The zero-order valence-corrected chi connectivity index (χ0v) is 11.4. The molecule has 1 N–H and O–H groups in total. The summed E-state index contributed by atoms with van der Waals surface area (Å²) in [6, 6.07) is 7.00. The van der Waals surface area contributed by atoms with Gasteiger partial charge in [-0.15, -0.1) is 0 Å². The molecule has 6 nitrogen and oxygen atoms in total. The van der Waals surface area contributed by atoms with Gasteiger partial charge in [0.2, 0.25) is 0 Å². The molecule has 1 aromatic rings. The van der Waals surface area contributed by atoms with Crippen molar-refractivity contribution in [3.8, 4) is 0 Å². The number of hydrogen-bond acceptors (Lipinski definition) is 4. The fourth-order valence-corrected chi connectivity index (χ4v) is 2.39. The van der Waals surface area contributed by atoms with Crippen LogP contribution in [0, 0.1) is 10.1 Å². The Morgan fingerprint density at radius 2 is 2.05 bits per heavy atom. The molecule has 0 amide bonds. The van der Waals surface area contributed by atoms with Gasteiger partial charge < -0.3 is 5.11 Å². The van der Waals surface area contributed by atoms with E-state index in [9.17, 15) is 14.9 Å². The summed E-state index contributed by atoms with van der Waals surface area (Å²) >= 11 is 0. The first-order valence-corrected chi connectivity index (χ1v) is 6.71. The maximum Gasteiger partial charge on any atom is 0.304 e. The fraction of sp³-hybridized carbons (Fsp3) is 0.500. The molecular formula is C14H18N2O4. The van der Waals surface area contributed by atoms with E-state index in [1.807, 2.05) is 6.92 Å². The smallest absolute Gasteiger partial charge is 0.304 e. The van der Waals surface area contributed by atoms with Crippen LogP contribution in [0.4, 0.5) is 5.69 Å². The SMILES string of the molecule is CC(c1ccc([N+](=O)[O-])cc1)N(CCC(=O)O)C1CC1. The predicted octanol–water partition coefficient (Wildman–Crippen LogP) is 2.59. The second-order valence-electron chi connectivity index (χ2n) is 5.14. The molecule has 108 valence electrons. The molecule has 0 aromatic heterocycles. The van der Waals surface area contributed by atoms with E-state index in [1.54, 1.807) is 12.1 Å². The maximum absolute atomic E-state index is 10.7. The maximum atomic E-state index is 10.7. The van der Waals surface area contributed by atoms with Crippen LogP contribution in [0.3, 0.4) is 0 Å². The number of carboxylic acids is 1. The van der Waals surface area contributed by atoms with Crippen molar-refractivity contribution in [3.63, 3.8) is 0 Å². The highest BCUT2D eigenvalue weighted by Gasteiger charge is 2.32. The zero-order chi connectivity index (χ0) is 14.7. The molecule has 0 bridgehead atoms. The Kier molecular flexibility index (Phi) is 4.34. The Balaban J connectivity index is 2.08. The van der Waals surface area contributed by atoms with Gasteiger partial charge in [-0.1, -0.05) is 12.1 Å². The monoisotopic (exact) mass is 278 g/mol. The minimum atomic E-state index is -0.799. The molecule has 0 radical (unpaired) electrons. The molecule has 1 aliphatic carbocycles. The van der Waals surface area contributed by atoms with Crippen molar-refractivity contribution in [1.82, 2.24) is 4.90 Å². The lowest BCUT2D eigenvalue weighted by Crippen LogP contribution is -2.31. The zero-order valence-electron chi connectivity index (χ0n) is 11.4. The second-order valence-corrected chi connectivity index (χ2v) is 5.14. The number of carboxylic acid groups (broad SMARTS) is 1. The van der Waals surface area contributed by atoms with E-state index in [0.29, 0.717) is 12.6 Å². The molecule has 1 aromatic carbocycles. The molecule has 0 spiro atoms. The molecule has 1 unspecified atom stereocenters. The van der Waals surface area contributed by atoms with Crippen molar-refractivity contribution in [2.24, 2.45) is 0 Å². The van der Waals surface area contributed by atoms with Gasteiger partial charge in [0.25, 0.3) is 5.69 Å². The lowest BCUT2D eigenvalue weighted by Gasteiger charge is -2.29. The number of nitro groups is 1. The molecular weight excluding hydrogens is 260 g/mol. The average Bonchev–Trinajstić information content (AvgIpc) is 3.23. The van der Waals surface area contributed by atoms with Gasteiger partial charge in [-0.3, -0.25) is 19.8 Å². The first kappa shape index (κ1) is 14.5. The summed E-state index contributed by atoms with van der Waals surface area (Å²) in [6.45, 7) is 2.53. The number of benzene rings is 1. The Morgan fingerprint density at radius 1 is 1.45 bits per heavy atom. The van der Waals surface area contributed by atoms with Gasteiger partial charge in [-0.05, 0) is 25.3 Å². The normalized spacial score (nSPS) is 16.1. The number of rotatable bonds is 7. The van der Waals surface area contributed by atoms with E-state index in [0.717, 1.165) is 18.4 Å². The first-order chi connectivity index (χ1) is 9.49. The van der Waals surface area contributed by atoms with Crippen molar-refractivity contribution >= 4 is 11.7 Å². The lowest BCUT2D eigenvalue weighted by molar-refractivity contribution is -0.384. The Labute approximate surface area is 117 Å². The van der Waals surface area contributed by atoms with Crippen LogP contribution in [0.2, 0.25) is 0 Å². The molecule has 1 fully saturated rings. The molecule has 1 aliphatic rings. The summed E-state index contributed by atoms with van der Waals surface area (Å²) in [4.78, 5) is 23.1. The minimum Gasteiger partial charge on any atom is -0.481 e. The highest BCUT2D eigenvalue weighted by atomic mass is 16.6. The van der Waals surface area contributed by atoms with E-state index in [4.69, 9.17) is 5.11 Å². The van der Waals surface area contributed by atoms with Crippen LogP contribution in [-0.4, -0.2) is 33.5 Å². The third-order valence-corrected chi connectivity index (χ3v) is 3.68. The molecule has 0 heterocycles. The van der Waals surface area contributed by atoms with E-state index in [1.165, 1.54) is 12.1 Å². The quantitative estimate of drug-likeness (QED) is 0.612. The van der Waals surface area contributed by atoms with Crippen LogP contribution in [0.5, 0.6) is 0 Å². The Hall–Kier alpha value is -1.95. The molecule has 20 heavy (non-hydrogen) atoms. The summed E-state index contributed by atoms with van der Waals surface area (Å²) in [6.07, 6.45) is 2.31. The number of carbonyl (C=O) groups is 1. The van der Waals surface area contributed by atoms with Gasteiger partial charge in [0.15, 0.2) is 0 Å². The topological polar surface area (TPSA) is 83.7 Å². The number of non-ortho nitro benzene ring substituents is 1. The van der Waals surface area contributed by atoms with Crippen molar-refractivity contribution < 1.29 is 14.8 Å². The van der Waals surface area contributed by atoms with Gasteiger partial charge in [0.05, 0.1) is 11.3 Å². The highest BCUT2D eigenvalue weighted by Crippen LogP contribution is 2.34. The fourth-order valence-electron chi connectivity index (χ4n) is 2.39. The van der Waals surface area contributed by atoms with E-state index < -0.39 is 10.9 Å². The Morgan fingerprint density at radius 3 is 2.50 bits per heavy atom. The van der Waals surface area contributed by atoms with E-state index in [-0.39, 0.29) is 18.2 Å². The average molecular weight is 278 g/mol. The van der Waals surface area contributed by atoms with E-state index >= 15 is 0 Å². The van der Waals surface area contributed by atoms with E-state index in [2.05, 4.69) is 4.90 Å². The number of nitrogens with zero attached hydrogens (tertiary/aromatic N) is 2. The molecule has 0 saturated heterocycles. The standard InChI is InChI=1S/C14H18N2O4/c1-10(11-2-4-13(5-3-11)16(19)20)15(12-6-7-12)9-8-14(17)18/h2-5,10,12H,6-9H2,1H3,(H,17,18). The molecule has 0 aliphatic heterocycles. The minimum absolute atomic E-state index is 0.0719. The van der Waals surface area contributed by atoms with Gasteiger partial charge in [-0.2, -0.15) is 0 Å². The van der Waals surface area contributed by atoms with Gasteiger partial charge in [-0.25, -0.2) is 0 Å². The third kappa shape index (κ3) is 3.54. The lowest BCUT2D eigenvalue weighted by atomic mass is 10.1. The van der Waals surface area contributed by atoms with Crippen LogP contribution in [0.15, 0.2) is 24.3 Å². The molecule has 1 atom stereocenters. The summed E-state index contributed by atoms with van der Waals surface area (Å²) < 4.78 is 0. The van der Waals surface area contributed by atoms with Crippen molar-refractivity contribution in [2.45, 2.75) is 38.3 Å². The number of hydrogen-bond donors (Lipinski definition) is 1. The number of aliphatic carboxylic acids is 1. The van der Waals surface area contributed by atoms with Gasteiger partial charge >= 0.3 is 5.97 Å². The largest absolute Gasteiger partial charge is 0.481 e. The second kappa shape index (κ2) is 6.00. The van der Waals surface area contributed by atoms with Gasteiger partial charge in [0.1, 0.15) is 0 Å². The first-order valence-electron chi connectivity index (χ1n) is 6.71. The number of nitro benzene ring substituents is 1. The summed E-state index contributed by atoms with van der Waals surface area (Å²) in [5.74, 6) is -0.799. The summed E-state index contributed by atoms with van der Waals surface area (Å²) in [5.41, 5.74) is 1.05. The summed E-state index contributed by atoms with van der Waals surface area (Å²) in [5, 5.41) is 19.5. The van der Waals surface area contributed by atoms with Crippen molar-refractivity contribution in [2.75, 3.05) is 6.54 Å². The van der Waals surface area contributed by atoms with Crippen LogP contribution in [0.25, 0.3) is 0 Å². The molecule has 1 saturated carbocycles. The van der Waals surface area contributed by atoms with Crippen molar-refractivity contribution in [3.05, 3.63) is 39.9 Å². The molecule has 6 heteroatoms. The van der Waals surface area contributed by atoms with Gasteiger partial charge in [0, 0.05) is 30.8 Å². The highest BCUT2D eigenvalue weighted by molar-refractivity contribution is 5.66. The van der Waals surface area contributed by atoms with Crippen LogP contribution < -0.4 is 0 Å². The van der Waals surface area contributed by atoms with Crippen LogP contribution >= 0.6 is 0 Å². The van der Waals surface area contributed by atoms with Crippen molar-refractivity contribution in [1.29, 1.82) is 0 Å². The third-order valence-electron chi connectivity index (χ3n) is 3.68. The molecule has 2 rings (SSSR count).